The van der Waals surface area contributed by atoms with Gasteiger partial charge in [0.05, 0.1) is 0 Å². The number of hydrogen-bond donors (Lipinski definition) is 2. The van der Waals surface area contributed by atoms with E-state index in [9.17, 15) is 4.79 Å². The van der Waals surface area contributed by atoms with Crippen molar-refractivity contribution in [1.82, 2.24) is 0 Å². The van der Waals surface area contributed by atoms with Gasteiger partial charge in [-0.25, -0.2) is 4.79 Å². The lowest BCUT2D eigenvalue weighted by Gasteiger charge is -2.07. The maximum Gasteiger partial charge on any atom is 0.328 e. The predicted octanol–water partition coefficient (Wildman–Crippen LogP) is 4.27. The number of hydrogen-bond acceptors (Lipinski definition) is 2. The maximum absolute atomic E-state index is 10.6. The third-order valence-electron chi connectivity index (χ3n) is 3.37. The van der Waals surface area contributed by atoms with Gasteiger partial charge in [-0.15, -0.1) is 0 Å². The van der Waals surface area contributed by atoms with Crippen LogP contribution in [0, 0.1) is 0 Å². The van der Waals surface area contributed by atoms with Crippen molar-refractivity contribution in [2.24, 2.45) is 0 Å². The smallest absolute Gasteiger partial charge is 0.328 e. The minimum Gasteiger partial charge on any atom is -0.478 e. The number of aryl methyl sites for hydroxylation is 1. The monoisotopic (exact) mass is 275 g/mol. The van der Waals surface area contributed by atoms with Crippen LogP contribution in [-0.2, 0) is 11.2 Å². The van der Waals surface area contributed by atoms with Crippen molar-refractivity contribution in [2.45, 2.75) is 51.9 Å². The van der Waals surface area contributed by atoms with E-state index in [0.29, 0.717) is 0 Å². The normalized spacial score (nSPS) is 11.1. The molecule has 110 valence electrons. The molecule has 0 atom stereocenters. The second kappa shape index (κ2) is 9.18. The third-order valence-corrected chi connectivity index (χ3v) is 3.37. The molecule has 0 radical (unpaired) electrons. The number of nitrogen functional groups attached to an aromatic ring is 1. The van der Waals surface area contributed by atoms with Crippen LogP contribution in [0.1, 0.15) is 56.6 Å². The number of aliphatic carboxylic acids is 1. The molecular weight excluding hydrogens is 250 g/mol. The molecule has 0 bridgehead atoms. The van der Waals surface area contributed by atoms with E-state index in [2.05, 4.69) is 6.92 Å². The van der Waals surface area contributed by atoms with Crippen molar-refractivity contribution in [3.05, 3.63) is 35.4 Å². The third kappa shape index (κ3) is 6.41. The highest BCUT2D eigenvalue weighted by Gasteiger charge is 2.02. The number of anilines is 1. The minimum absolute atomic E-state index is 0.735. The summed E-state index contributed by atoms with van der Waals surface area (Å²) in [4.78, 5) is 10.6. The first-order chi connectivity index (χ1) is 9.63. The van der Waals surface area contributed by atoms with Crippen molar-refractivity contribution in [1.29, 1.82) is 0 Å². The van der Waals surface area contributed by atoms with Crippen molar-refractivity contribution in [2.75, 3.05) is 5.73 Å². The Balaban J connectivity index is 2.54. The average molecular weight is 275 g/mol. The zero-order valence-electron chi connectivity index (χ0n) is 12.3. The molecule has 0 saturated carbocycles. The highest BCUT2D eigenvalue weighted by Crippen LogP contribution is 2.18. The Morgan fingerprint density at radius 3 is 2.60 bits per heavy atom. The number of carboxylic acid groups (broad SMARTS) is 1. The zero-order chi connectivity index (χ0) is 14.8. The number of rotatable bonds is 9. The largest absolute Gasteiger partial charge is 0.478 e. The summed E-state index contributed by atoms with van der Waals surface area (Å²) in [5.74, 6) is -0.924. The summed E-state index contributed by atoms with van der Waals surface area (Å²) in [6.45, 7) is 2.22. The summed E-state index contributed by atoms with van der Waals surface area (Å²) in [5.41, 5.74) is 8.64. The van der Waals surface area contributed by atoms with Crippen molar-refractivity contribution < 1.29 is 9.90 Å². The van der Waals surface area contributed by atoms with E-state index in [-0.39, 0.29) is 0 Å². The number of nitrogens with two attached hydrogens (primary N) is 1. The van der Waals surface area contributed by atoms with E-state index in [1.54, 1.807) is 6.08 Å². The van der Waals surface area contributed by atoms with Crippen molar-refractivity contribution >= 4 is 17.7 Å². The Morgan fingerprint density at radius 1 is 1.20 bits per heavy atom. The second-order valence-corrected chi connectivity index (χ2v) is 5.15. The van der Waals surface area contributed by atoms with Gasteiger partial charge in [0.25, 0.3) is 0 Å². The van der Waals surface area contributed by atoms with Crippen LogP contribution in [0.15, 0.2) is 24.3 Å². The molecule has 0 amide bonds. The highest BCUT2D eigenvalue weighted by molar-refractivity contribution is 5.85. The van der Waals surface area contributed by atoms with Crippen LogP contribution in [0.3, 0.4) is 0 Å². The molecule has 1 aromatic rings. The molecule has 0 aliphatic rings. The van der Waals surface area contributed by atoms with Crippen LogP contribution in [0.25, 0.3) is 6.08 Å². The molecule has 0 aliphatic heterocycles. The first-order valence-electron chi connectivity index (χ1n) is 7.43. The molecule has 0 heterocycles. The molecule has 1 rings (SSSR count). The zero-order valence-corrected chi connectivity index (χ0v) is 12.3. The molecule has 0 unspecified atom stereocenters. The molecular formula is C17H25NO2. The average Bonchev–Trinajstić information content (AvgIpc) is 2.41. The Kier molecular flexibility index (Phi) is 7.48. The number of carboxylic acids is 1. The van der Waals surface area contributed by atoms with Crippen molar-refractivity contribution in [3.8, 4) is 0 Å². The molecule has 20 heavy (non-hydrogen) atoms. The number of benzene rings is 1. The summed E-state index contributed by atoms with van der Waals surface area (Å²) in [6, 6.07) is 5.65. The van der Waals surface area contributed by atoms with E-state index in [1.165, 1.54) is 38.2 Å². The quantitative estimate of drug-likeness (QED) is 0.402. The van der Waals surface area contributed by atoms with Gasteiger partial charge in [0.1, 0.15) is 0 Å². The van der Waals surface area contributed by atoms with E-state index in [0.717, 1.165) is 29.7 Å². The molecule has 3 heteroatoms. The standard InChI is InChI=1S/C17H25NO2/c1-2-3-4-5-6-7-8-15-13-16(18)11-9-14(15)10-12-17(19)20/h9-13H,2-8,18H2,1H3,(H,19,20). The lowest BCUT2D eigenvalue weighted by molar-refractivity contribution is -0.131. The summed E-state index contributed by atoms with van der Waals surface area (Å²) >= 11 is 0. The van der Waals surface area contributed by atoms with Crippen LogP contribution in [0.4, 0.5) is 5.69 Å². The predicted molar refractivity (Wildman–Crippen MR) is 84.6 cm³/mol. The Hall–Kier alpha value is -1.77. The van der Waals surface area contributed by atoms with Crippen LogP contribution >= 0.6 is 0 Å². The number of unbranched alkanes of at least 4 members (excludes halogenated alkanes) is 5. The lowest BCUT2D eigenvalue weighted by Crippen LogP contribution is -1.95. The van der Waals surface area contributed by atoms with Gasteiger partial charge in [-0.1, -0.05) is 45.1 Å². The Bertz CT molecular complexity index is 452. The summed E-state index contributed by atoms with van der Waals surface area (Å²) in [5, 5.41) is 8.71. The first-order valence-corrected chi connectivity index (χ1v) is 7.43. The van der Waals surface area contributed by atoms with Gasteiger partial charge < -0.3 is 10.8 Å². The van der Waals surface area contributed by atoms with Crippen LogP contribution in [0.5, 0.6) is 0 Å². The fourth-order valence-corrected chi connectivity index (χ4v) is 2.26. The lowest BCUT2D eigenvalue weighted by atomic mass is 9.99. The molecule has 3 N–H and O–H groups in total. The van der Waals surface area contributed by atoms with Crippen LogP contribution in [-0.4, -0.2) is 11.1 Å². The van der Waals surface area contributed by atoms with Gasteiger partial charge in [-0.05, 0) is 42.2 Å². The Labute approximate surface area is 121 Å². The van der Waals surface area contributed by atoms with Crippen LogP contribution in [0.2, 0.25) is 0 Å². The minimum atomic E-state index is -0.924. The topological polar surface area (TPSA) is 63.3 Å². The van der Waals surface area contributed by atoms with E-state index < -0.39 is 5.97 Å². The van der Waals surface area contributed by atoms with E-state index >= 15 is 0 Å². The van der Waals surface area contributed by atoms with Gasteiger partial charge in [0.15, 0.2) is 0 Å². The molecule has 3 nitrogen and oxygen atoms in total. The SMILES string of the molecule is CCCCCCCCc1cc(N)ccc1C=CC(=O)O. The molecule has 1 aromatic carbocycles. The van der Waals surface area contributed by atoms with Crippen LogP contribution < -0.4 is 5.73 Å². The van der Waals surface area contributed by atoms with E-state index in [1.807, 2.05) is 18.2 Å². The fraction of sp³-hybridized carbons (Fsp3) is 0.471. The van der Waals surface area contributed by atoms with Gasteiger partial charge in [-0.2, -0.15) is 0 Å². The van der Waals surface area contributed by atoms with Gasteiger partial charge in [-0.3, -0.25) is 0 Å². The molecule has 0 spiro atoms. The molecule has 0 aromatic heterocycles. The second-order valence-electron chi connectivity index (χ2n) is 5.15. The summed E-state index contributed by atoms with van der Waals surface area (Å²) in [7, 11) is 0. The highest BCUT2D eigenvalue weighted by atomic mass is 16.4. The summed E-state index contributed by atoms with van der Waals surface area (Å²) < 4.78 is 0. The first kappa shape index (κ1) is 16.3. The Morgan fingerprint density at radius 2 is 1.90 bits per heavy atom. The van der Waals surface area contributed by atoms with E-state index in [4.69, 9.17) is 10.8 Å². The van der Waals surface area contributed by atoms with Gasteiger partial charge >= 0.3 is 5.97 Å². The molecule has 0 fully saturated rings. The number of carbonyl (C=O) groups is 1. The maximum atomic E-state index is 10.6. The van der Waals surface area contributed by atoms with Crippen molar-refractivity contribution in [3.63, 3.8) is 0 Å². The molecule has 0 aliphatic carbocycles. The molecule has 0 saturated heterocycles. The van der Waals surface area contributed by atoms with Gasteiger partial charge in [0.2, 0.25) is 0 Å². The fourth-order valence-electron chi connectivity index (χ4n) is 2.26. The summed E-state index contributed by atoms with van der Waals surface area (Å²) in [6.07, 6.45) is 11.3. The van der Waals surface area contributed by atoms with Gasteiger partial charge in [0, 0.05) is 11.8 Å².